The third-order valence-corrected chi connectivity index (χ3v) is 1.71. The smallest absolute Gasteiger partial charge is 0.173 e. The number of hydrogen-bond acceptors (Lipinski definition) is 2. The van der Waals surface area contributed by atoms with Gasteiger partial charge in [-0.1, -0.05) is 16.7 Å². The Balaban J connectivity index is 3.17. The minimum atomic E-state index is -0.637. The summed E-state index contributed by atoms with van der Waals surface area (Å²) in [5.41, 5.74) is 8.26. The molecule has 0 N–H and O–H groups in total. The number of benzene rings is 1. The molecule has 0 radical (unpaired) electrons. The van der Waals surface area contributed by atoms with Crippen LogP contribution in [-0.4, -0.2) is 6.61 Å². The van der Waals surface area contributed by atoms with Crippen molar-refractivity contribution in [1.82, 2.24) is 0 Å². The molecule has 0 unspecified atom stereocenters. The average molecular weight is 216 g/mol. The van der Waals surface area contributed by atoms with Crippen molar-refractivity contribution >= 4 is 17.3 Å². The lowest BCUT2D eigenvalue weighted by Gasteiger charge is -2.06. The lowest BCUT2D eigenvalue weighted by molar-refractivity contribution is 0.322. The lowest BCUT2D eigenvalue weighted by atomic mass is 10.3. The number of halogens is 2. The topological polar surface area (TPSA) is 58.0 Å². The molecule has 0 atom stereocenters. The Hall–Kier alpha value is -1.45. The van der Waals surface area contributed by atoms with E-state index in [1.807, 2.05) is 0 Å². The largest absolute Gasteiger partial charge is 0.489 e. The van der Waals surface area contributed by atoms with Gasteiger partial charge in [-0.25, -0.2) is 4.39 Å². The molecule has 0 aliphatic rings. The number of hydrogen-bond donors (Lipinski definition) is 0. The summed E-state index contributed by atoms with van der Waals surface area (Å²) in [6.45, 7) is 2.04. The Labute approximate surface area is 84.9 Å². The van der Waals surface area contributed by atoms with Gasteiger partial charge in [-0.2, -0.15) is 0 Å². The second-order valence-electron chi connectivity index (χ2n) is 2.36. The van der Waals surface area contributed by atoms with E-state index in [0.29, 0.717) is 6.61 Å². The Morgan fingerprint density at radius 3 is 2.86 bits per heavy atom. The van der Waals surface area contributed by atoms with Gasteiger partial charge in [0.05, 0.1) is 11.6 Å². The van der Waals surface area contributed by atoms with Gasteiger partial charge in [0.15, 0.2) is 11.6 Å². The van der Waals surface area contributed by atoms with Crippen molar-refractivity contribution in [3.8, 4) is 5.75 Å². The maximum atomic E-state index is 13.2. The summed E-state index contributed by atoms with van der Waals surface area (Å²) in [5.74, 6) is -0.659. The molecule has 0 saturated heterocycles. The molecule has 1 aromatic rings. The molecule has 6 heteroatoms. The minimum Gasteiger partial charge on any atom is -0.489 e. The summed E-state index contributed by atoms with van der Waals surface area (Å²) >= 11 is 5.70. The van der Waals surface area contributed by atoms with Gasteiger partial charge in [-0.15, -0.1) is 0 Å². The number of azide groups is 1. The molecule has 14 heavy (non-hydrogen) atoms. The van der Waals surface area contributed by atoms with E-state index in [1.54, 1.807) is 6.92 Å². The van der Waals surface area contributed by atoms with Crippen LogP contribution >= 0.6 is 11.6 Å². The van der Waals surface area contributed by atoms with E-state index < -0.39 is 5.82 Å². The molecule has 0 bridgehead atoms. The van der Waals surface area contributed by atoms with Crippen LogP contribution in [0.25, 0.3) is 10.4 Å². The highest BCUT2D eigenvalue weighted by atomic mass is 35.5. The molecule has 0 saturated carbocycles. The molecule has 1 aromatic carbocycles. The number of nitrogens with zero attached hydrogens (tertiary/aromatic N) is 3. The summed E-state index contributed by atoms with van der Waals surface area (Å²) in [4.78, 5) is 2.52. The van der Waals surface area contributed by atoms with Gasteiger partial charge in [-0.3, -0.25) is 0 Å². The zero-order chi connectivity index (χ0) is 10.6. The zero-order valence-electron chi connectivity index (χ0n) is 7.37. The van der Waals surface area contributed by atoms with Gasteiger partial charge in [0.2, 0.25) is 0 Å². The molecule has 0 heterocycles. The summed E-state index contributed by atoms with van der Waals surface area (Å²) < 4.78 is 18.2. The second kappa shape index (κ2) is 4.69. The van der Waals surface area contributed by atoms with Crippen LogP contribution in [0.15, 0.2) is 17.2 Å². The van der Waals surface area contributed by atoms with Crippen molar-refractivity contribution < 1.29 is 9.13 Å². The van der Waals surface area contributed by atoms with Crippen molar-refractivity contribution in [2.75, 3.05) is 6.61 Å². The molecule has 0 aliphatic heterocycles. The lowest BCUT2D eigenvalue weighted by Crippen LogP contribution is -1.95. The van der Waals surface area contributed by atoms with E-state index in [4.69, 9.17) is 21.9 Å². The Kier molecular flexibility index (Phi) is 3.56. The molecular formula is C8H7ClFN3O. The first-order valence-electron chi connectivity index (χ1n) is 3.86. The van der Waals surface area contributed by atoms with Crippen LogP contribution in [0, 0.1) is 5.82 Å². The number of rotatable bonds is 3. The van der Waals surface area contributed by atoms with Crippen LogP contribution in [0.1, 0.15) is 6.92 Å². The highest BCUT2D eigenvalue weighted by molar-refractivity contribution is 6.32. The van der Waals surface area contributed by atoms with Gasteiger partial charge in [0, 0.05) is 10.6 Å². The van der Waals surface area contributed by atoms with Gasteiger partial charge in [0.25, 0.3) is 0 Å². The number of ether oxygens (including phenoxy) is 1. The fourth-order valence-corrected chi connectivity index (χ4v) is 1.19. The molecule has 0 spiro atoms. The second-order valence-corrected chi connectivity index (χ2v) is 2.77. The quantitative estimate of drug-likeness (QED) is 0.430. The van der Waals surface area contributed by atoms with Gasteiger partial charge in [0.1, 0.15) is 0 Å². The molecular weight excluding hydrogens is 209 g/mol. The first-order valence-corrected chi connectivity index (χ1v) is 4.23. The summed E-state index contributed by atoms with van der Waals surface area (Å²) in [6, 6.07) is 2.41. The monoisotopic (exact) mass is 215 g/mol. The average Bonchev–Trinajstić information content (AvgIpc) is 2.12. The molecule has 4 nitrogen and oxygen atoms in total. The fourth-order valence-electron chi connectivity index (χ4n) is 0.938. The van der Waals surface area contributed by atoms with Gasteiger partial charge >= 0.3 is 0 Å². The molecule has 0 aliphatic carbocycles. The molecule has 0 fully saturated rings. The molecule has 0 amide bonds. The third kappa shape index (κ3) is 2.28. The Bertz CT molecular complexity index is 367. The van der Waals surface area contributed by atoms with Crippen molar-refractivity contribution in [3.63, 3.8) is 0 Å². The van der Waals surface area contributed by atoms with Crippen LogP contribution in [-0.2, 0) is 0 Å². The van der Waals surface area contributed by atoms with Crippen molar-refractivity contribution in [3.05, 3.63) is 33.4 Å². The highest BCUT2D eigenvalue weighted by Gasteiger charge is 2.09. The fraction of sp³-hybridized carbons (Fsp3) is 0.250. The predicted octanol–water partition coefficient (Wildman–Crippen LogP) is 3.82. The standard InChI is InChI=1S/C8H7ClFN3O/c1-2-14-8-6(9)3-5(12-13-11)4-7(8)10/h3-4H,2H2,1H3. The normalized spacial score (nSPS) is 9.36. The van der Waals surface area contributed by atoms with Crippen LogP contribution in [0.3, 0.4) is 0 Å². The Morgan fingerprint density at radius 1 is 1.64 bits per heavy atom. The minimum absolute atomic E-state index is 0.0222. The van der Waals surface area contributed by atoms with E-state index in [9.17, 15) is 4.39 Å². The van der Waals surface area contributed by atoms with Crippen molar-refractivity contribution in [2.24, 2.45) is 5.11 Å². The van der Waals surface area contributed by atoms with Gasteiger partial charge < -0.3 is 4.74 Å². The van der Waals surface area contributed by atoms with Crippen molar-refractivity contribution in [1.29, 1.82) is 0 Å². The molecule has 74 valence electrons. The predicted molar refractivity (Wildman–Crippen MR) is 51.4 cm³/mol. The summed E-state index contributed by atoms with van der Waals surface area (Å²) in [6.07, 6.45) is 0. The van der Waals surface area contributed by atoms with Crippen molar-refractivity contribution in [2.45, 2.75) is 6.92 Å². The van der Waals surface area contributed by atoms with E-state index >= 15 is 0 Å². The molecule has 1 rings (SSSR count). The van der Waals surface area contributed by atoms with Crippen LogP contribution in [0.5, 0.6) is 5.75 Å². The zero-order valence-corrected chi connectivity index (χ0v) is 8.12. The maximum absolute atomic E-state index is 13.2. The SMILES string of the molecule is CCOc1c(F)cc(N=[N+]=[N-])cc1Cl. The van der Waals surface area contributed by atoms with Crippen LogP contribution < -0.4 is 4.74 Å². The van der Waals surface area contributed by atoms with E-state index in [1.165, 1.54) is 6.07 Å². The third-order valence-electron chi connectivity index (χ3n) is 1.43. The summed E-state index contributed by atoms with van der Waals surface area (Å²) in [7, 11) is 0. The highest BCUT2D eigenvalue weighted by Crippen LogP contribution is 2.32. The van der Waals surface area contributed by atoms with E-state index in [0.717, 1.165) is 6.07 Å². The van der Waals surface area contributed by atoms with E-state index in [2.05, 4.69) is 10.0 Å². The van der Waals surface area contributed by atoms with Crippen LogP contribution in [0.2, 0.25) is 5.02 Å². The molecule has 0 aromatic heterocycles. The Morgan fingerprint density at radius 2 is 2.36 bits per heavy atom. The first kappa shape index (κ1) is 10.6. The first-order chi connectivity index (χ1) is 6.69. The van der Waals surface area contributed by atoms with Crippen LogP contribution in [0.4, 0.5) is 10.1 Å². The maximum Gasteiger partial charge on any atom is 0.173 e. The summed E-state index contributed by atoms with van der Waals surface area (Å²) in [5, 5.41) is 3.32. The van der Waals surface area contributed by atoms with Gasteiger partial charge in [-0.05, 0) is 24.6 Å². The van der Waals surface area contributed by atoms with E-state index in [-0.39, 0.29) is 16.5 Å².